The van der Waals surface area contributed by atoms with Crippen LogP contribution in [0.25, 0.3) is 0 Å². The molecule has 1 heterocycles. The van der Waals surface area contributed by atoms with Crippen molar-refractivity contribution in [1.29, 1.82) is 0 Å². The number of ketones is 1. The molecule has 0 amide bonds. The fourth-order valence-electron chi connectivity index (χ4n) is 4.09. The van der Waals surface area contributed by atoms with E-state index in [0.29, 0.717) is 24.2 Å². The molecule has 10 heteroatoms. The van der Waals surface area contributed by atoms with E-state index in [2.05, 4.69) is 14.6 Å². The Morgan fingerprint density at radius 3 is 2.11 bits per heavy atom. The molecule has 0 N–H and O–H groups in total. The molecule has 1 aliphatic rings. The molecule has 2 aromatic rings. The zero-order valence-electron chi connectivity index (χ0n) is 20.5. The van der Waals surface area contributed by atoms with Crippen LogP contribution in [0, 0.1) is 10.1 Å². The molecule has 0 radical (unpaired) electrons. The average Bonchev–Trinajstić information content (AvgIpc) is 2.89. The predicted octanol–water partition coefficient (Wildman–Crippen LogP) is 3.59. The number of hydrogen-bond acceptors (Lipinski definition) is 8. The lowest BCUT2D eigenvalue weighted by Gasteiger charge is -2.34. The quantitative estimate of drug-likeness (QED) is 0.130. The lowest BCUT2D eigenvalue weighted by molar-refractivity contribution is -0.757. The van der Waals surface area contributed by atoms with Gasteiger partial charge in [0, 0.05) is 50.4 Å². The molecule has 0 aromatic heterocycles. The fourth-order valence-corrected chi connectivity index (χ4v) is 4.09. The molecule has 0 bridgehead atoms. The highest BCUT2D eigenvalue weighted by molar-refractivity contribution is 6.09. The second kappa shape index (κ2) is 15.2. The molecule has 0 aliphatic carbocycles. The number of carbonyl (C=O) groups is 2. The number of nitrogens with zero attached hydrogens (tertiary/aromatic N) is 3. The Bertz CT molecular complexity index is 983. The highest BCUT2D eigenvalue weighted by Crippen LogP contribution is 2.20. The molecular weight excluding hydrogens is 486 g/mol. The maximum Gasteiger partial charge on any atom is 0.313 e. The maximum atomic E-state index is 12.7. The normalized spacial score (nSPS) is 14.9. The van der Waals surface area contributed by atoms with E-state index in [0.717, 1.165) is 51.3 Å². The SMILES string of the molecule is C[C@H](C(=O)OCCCN1CCN(CCCO[N+](=O)[O-])CC1)c1cccc(C(=O)c2ccccc2)c1.Cl. The Kier molecular flexibility index (Phi) is 12.3. The summed E-state index contributed by atoms with van der Waals surface area (Å²) in [6, 6.07) is 16.3. The number of ether oxygens (including phenoxy) is 1. The summed E-state index contributed by atoms with van der Waals surface area (Å²) in [4.78, 5) is 44.4. The summed E-state index contributed by atoms with van der Waals surface area (Å²) in [6.45, 7) is 7.57. The number of carbonyl (C=O) groups excluding carboxylic acids is 2. The predicted molar refractivity (Wildman–Crippen MR) is 138 cm³/mol. The Labute approximate surface area is 217 Å². The first-order valence-electron chi connectivity index (χ1n) is 12.0. The van der Waals surface area contributed by atoms with E-state index in [1.54, 1.807) is 37.3 Å². The van der Waals surface area contributed by atoms with Crippen molar-refractivity contribution in [3.8, 4) is 0 Å². The van der Waals surface area contributed by atoms with Crippen LogP contribution in [0.1, 0.15) is 47.2 Å². The number of esters is 1. The molecule has 196 valence electrons. The molecule has 0 spiro atoms. The minimum atomic E-state index is -0.754. The first-order chi connectivity index (χ1) is 16.9. The van der Waals surface area contributed by atoms with E-state index >= 15 is 0 Å². The summed E-state index contributed by atoms with van der Waals surface area (Å²) in [5.74, 6) is -0.824. The summed E-state index contributed by atoms with van der Waals surface area (Å²) in [5.41, 5.74) is 1.93. The first-order valence-corrected chi connectivity index (χ1v) is 12.0. The van der Waals surface area contributed by atoms with Crippen molar-refractivity contribution in [1.82, 2.24) is 9.80 Å². The van der Waals surface area contributed by atoms with E-state index in [1.807, 2.05) is 24.3 Å². The number of rotatable bonds is 13. The summed E-state index contributed by atoms with van der Waals surface area (Å²) >= 11 is 0. The van der Waals surface area contributed by atoms with Gasteiger partial charge >= 0.3 is 5.97 Å². The standard InChI is InChI=1S/C26H33N3O6.ClH/c1-21(23-10-5-11-24(20-23)25(30)22-8-3-2-4-9-22)26(31)34-18-6-12-27-14-16-28(17-15-27)13-7-19-35-29(32)33;/h2-5,8-11,20-21H,6-7,12-19H2,1H3;1H/t21-;/m0./s1. The average molecular weight is 520 g/mol. The third-order valence-corrected chi connectivity index (χ3v) is 6.18. The minimum Gasteiger partial charge on any atom is -0.465 e. The molecule has 9 nitrogen and oxygen atoms in total. The molecule has 0 saturated carbocycles. The van der Waals surface area contributed by atoms with Crippen molar-refractivity contribution < 1.29 is 24.3 Å². The van der Waals surface area contributed by atoms with Gasteiger partial charge in [-0.3, -0.25) is 9.59 Å². The van der Waals surface area contributed by atoms with Crippen molar-refractivity contribution in [3.05, 3.63) is 81.4 Å². The first kappa shape index (κ1) is 29.2. The lowest BCUT2D eigenvalue weighted by atomic mass is 9.96. The molecule has 0 unspecified atom stereocenters. The van der Waals surface area contributed by atoms with Crippen molar-refractivity contribution >= 4 is 24.2 Å². The van der Waals surface area contributed by atoms with E-state index in [1.165, 1.54) is 0 Å². The van der Waals surface area contributed by atoms with Crippen LogP contribution in [0.2, 0.25) is 0 Å². The Hall–Kier alpha value is -3.01. The Morgan fingerprint density at radius 1 is 0.917 bits per heavy atom. The second-order valence-electron chi connectivity index (χ2n) is 8.66. The topological polar surface area (TPSA) is 102 Å². The van der Waals surface area contributed by atoms with Crippen molar-refractivity contribution in [2.24, 2.45) is 0 Å². The van der Waals surface area contributed by atoms with Crippen LogP contribution < -0.4 is 0 Å². The third kappa shape index (κ3) is 9.22. The van der Waals surface area contributed by atoms with Crippen LogP contribution in [0.3, 0.4) is 0 Å². The highest BCUT2D eigenvalue weighted by atomic mass is 35.5. The highest BCUT2D eigenvalue weighted by Gasteiger charge is 2.20. The number of benzene rings is 2. The molecule has 3 rings (SSSR count). The van der Waals surface area contributed by atoms with Gasteiger partial charge in [0.05, 0.1) is 19.1 Å². The third-order valence-electron chi connectivity index (χ3n) is 6.18. The van der Waals surface area contributed by atoms with E-state index in [-0.39, 0.29) is 30.8 Å². The summed E-state index contributed by atoms with van der Waals surface area (Å²) in [7, 11) is 0. The van der Waals surface area contributed by atoms with Crippen LogP contribution in [0.5, 0.6) is 0 Å². The van der Waals surface area contributed by atoms with Gasteiger partial charge in [-0.25, -0.2) is 0 Å². The molecular formula is C26H34ClN3O6. The maximum absolute atomic E-state index is 12.7. The molecule has 1 fully saturated rings. The van der Waals surface area contributed by atoms with Gasteiger partial charge in [-0.1, -0.05) is 48.5 Å². The van der Waals surface area contributed by atoms with E-state index < -0.39 is 11.0 Å². The van der Waals surface area contributed by atoms with Gasteiger partial charge in [0.15, 0.2) is 5.78 Å². The number of hydrogen-bond donors (Lipinski definition) is 0. The molecule has 1 aliphatic heterocycles. The fraction of sp³-hybridized carbons (Fsp3) is 0.462. The van der Waals surface area contributed by atoms with Crippen LogP contribution in [0.15, 0.2) is 54.6 Å². The van der Waals surface area contributed by atoms with Gasteiger partial charge in [0.1, 0.15) is 0 Å². The van der Waals surface area contributed by atoms with E-state index in [9.17, 15) is 19.7 Å². The largest absolute Gasteiger partial charge is 0.465 e. The van der Waals surface area contributed by atoms with Gasteiger partial charge in [0.25, 0.3) is 5.09 Å². The van der Waals surface area contributed by atoms with Gasteiger partial charge in [-0.15, -0.1) is 22.5 Å². The Balaban J connectivity index is 0.00000456. The van der Waals surface area contributed by atoms with Crippen LogP contribution in [-0.2, 0) is 14.4 Å². The molecule has 2 aromatic carbocycles. The van der Waals surface area contributed by atoms with Gasteiger partial charge in [-0.2, -0.15) is 0 Å². The van der Waals surface area contributed by atoms with Gasteiger partial charge in [0.2, 0.25) is 0 Å². The molecule has 36 heavy (non-hydrogen) atoms. The van der Waals surface area contributed by atoms with Gasteiger partial charge < -0.3 is 19.4 Å². The van der Waals surface area contributed by atoms with Gasteiger partial charge in [-0.05, 0) is 31.4 Å². The van der Waals surface area contributed by atoms with Crippen LogP contribution in [0.4, 0.5) is 0 Å². The van der Waals surface area contributed by atoms with Crippen LogP contribution in [-0.4, -0.2) is 79.1 Å². The summed E-state index contributed by atoms with van der Waals surface area (Å²) in [5, 5.41) is 9.42. The zero-order valence-corrected chi connectivity index (χ0v) is 21.4. The summed E-state index contributed by atoms with van der Waals surface area (Å²) < 4.78 is 5.51. The second-order valence-corrected chi connectivity index (χ2v) is 8.66. The van der Waals surface area contributed by atoms with Crippen molar-refractivity contribution in [3.63, 3.8) is 0 Å². The van der Waals surface area contributed by atoms with Crippen molar-refractivity contribution in [2.45, 2.75) is 25.7 Å². The smallest absolute Gasteiger partial charge is 0.313 e. The zero-order chi connectivity index (χ0) is 25.0. The molecule has 1 saturated heterocycles. The lowest BCUT2D eigenvalue weighted by Crippen LogP contribution is -2.47. The molecule has 1 atom stereocenters. The summed E-state index contributed by atoms with van der Waals surface area (Å²) in [6.07, 6.45) is 1.39. The van der Waals surface area contributed by atoms with Crippen molar-refractivity contribution in [2.75, 3.05) is 52.5 Å². The number of halogens is 1. The Morgan fingerprint density at radius 2 is 1.50 bits per heavy atom. The van der Waals surface area contributed by atoms with E-state index in [4.69, 9.17) is 4.74 Å². The van der Waals surface area contributed by atoms with Crippen LogP contribution >= 0.6 is 12.4 Å². The number of piperazine rings is 1. The monoisotopic (exact) mass is 519 g/mol. The minimum absolute atomic E-state index is 0.